The number of likely N-dealkylation sites (tertiary alicyclic amines) is 1. The van der Waals surface area contributed by atoms with Gasteiger partial charge in [0.05, 0.1) is 0 Å². The fourth-order valence-electron chi connectivity index (χ4n) is 3.20. The van der Waals surface area contributed by atoms with E-state index >= 15 is 0 Å². The second kappa shape index (κ2) is 7.73. The molecule has 1 aliphatic heterocycles. The first kappa shape index (κ1) is 17.7. The zero-order chi connectivity index (χ0) is 17.0. The second-order valence-corrected chi connectivity index (χ2v) is 6.54. The molecule has 2 atom stereocenters. The monoisotopic (exact) mass is 320 g/mol. The molecule has 0 saturated carbocycles. The second-order valence-electron chi connectivity index (χ2n) is 6.54. The summed E-state index contributed by atoms with van der Waals surface area (Å²) in [5.41, 5.74) is 0.226. The number of amides is 1. The van der Waals surface area contributed by atoms with Gasteiger partial charge in [0, 0.05) is 31.7 Å². The minimum Gasteiger partial charge on any atom is -0.335 e. The number of aromatic nitrogens is 2. The summed E-state index contributed by atoms with van der Waals surface area (Å²) in [6.07, 6.45) is 2.92. The summed E-state index contributed by atoms with van der Waals surface area (Å²) in [7, 11) is 4.12. The van der Waals surface area contributed by atoms with Crippen molar-refractivity contribution in [1.29, 1.82) is 0 Å². The quantitative estimate of drug-likeness (QED) is 0.796. The van der Waals surface area contributed by atoms with Crippen molar-refractivity contribution >= 4 is 5.91 Å². The number of likely N-dealkylation sites (N-methyl/N-ethyl adjacent to an activating group) is 1. The molecule has 0 aromatic carbocycles. The van der Waals surface area contributed by atoms with E-state index < -0.39 is 0 Å². The van der Waals surface area contributed by atoms with Gasteiger partial charge in [0.2, 0.25) is 0 Å². The third kappa shape index (κ3) is 3.99. The van der Waals surface area contributed by atoms with Gasteiger partial charge in [-0.15, -0.1) is 0 Å². The van der Waals surface area contributed by atoms with Crippen LogP contribution in [0.2, 0.25) is 0 Å². The number of rotatable bonds is 6. The van der Waals surface area contributed by atoms with E-state index in [1.54, 1.807) is 6.07 Å². The smallest absolute Gasteiger partial charge is 0.274 e. The highest BCUT2D eigenvalue weighted by Gasteiger charge is 2.36. The maximum Gasteiger partial charge on any atom is 0.274 e. The van der Waals surface area contributed by atoms with Crippen molar-refractivity contribution in [1.82, 2.24) is 19.6 Å². The molecule has 0 aliphatic carbocycles. The van der Waals surface area contributed by atoms with Crippen LogP contribution in [0.15, 0.2) is 16.9 Å². The lowest BCUT2D eigenvalue weighted by Crippen LogP contribution is -2.37. The third-order valence-corrected chi connectivity index (χ3v) is 4.69. The van der Waals surface area contributed by atoms with Gasteiger partial charge in [0.15, 0.2) is 0 Å². The van der Waals surface area contributed by atoms with E-state index in [0.717, 1.165) is 32.4 Å². The molecule has 1 aromatic rings. The lowest BCUT2D eigenvalue weighted by atomic mass is 10.0. The van der Waals surface area contributed by atoms with Crippen LogP contribution >= 0.6 is 0 Å². The average molecular weight is 320 g/mol. The van der Waals surface area contributed by atoms with Gasteiger partial charge in [-0.05, 0) is 32.5 Å². The zero-order valence-corrected chi connectivity index (χ0v) is 14.7. The molecular formula is C17H28N4O2. The van der Waals surface area contributed by atoms with Crippen LogP contribution < -0.4 is 5.56 Å². The topological polar surface area (TPSA) is 58.4 Å². The Bertz CT molecular complexity index is 597. The molecule has 1 fully saturated rings. The Morgan fingerprint density at radius 3 is 2.61 bits per heavy atom. The van der Waals surface area contributed by atoms with E-state index in [2.05, 4.69) is 37.9 Å². The maximum atomic E-state index is 12.7. The van der Waals surface area contributed by atoms with Crippen LogP contribution in [0.4, 0.5) is 0 Å². The summed E-state index contributed by atoms with van der Waals surface area (Å²) in [5, 5.41) is 4.27. The number of aryl methyl sites for hydroxylation is 1. The SMILES string of the molecule is CCCCn1nc(C(=O)N2C[C@H](CC)[C@@H](N(C)C)C2)ccc1=O. The summed E-state index contributed by atoms with van der Waals surface area (Å²) in [5.74, 6) is 0.415. The Hall–Kier alpha value is -1.69. The van der Waals surface area contributed by atoms with Gasteiger partial charge in [0.1, 0.15) is 5.69 Å². The summed E-state index contributed by atoms with van der Waals surface area (Å²) in [6.45, 7) is 6.28. The van der Waals surface area contributed by atoms with Crippen LogP contribution in [-0.4, -0.2) is 58.7 Å². The van der Waals surface area contributed by atoms with Crippen LogP contribution in [0.5, 0.6) is 0 Å². The van der Waals surface area contributed by atoms with Crippen LogP contribution in [0.25, 0.3) is 0 Å². The van der Waals surface area contributed by atoms with E-state index in [4.69, 9.17) is 0 Å². The van der Waals surface area contributed by atoms with Crippen LogP contribution in [0.3, 0.4) is 0 Å². The van der Waals surface area contributed by atoms with Crippen molar-refractivity contribution < 1.29 is 4.79 Å². The highest BCUT2D eigenvalue weighted by atomic mass is 16.2. The van der Waals surface area contributed by atoms with Gasteiger partial charge in [-0.2, -0.15) is 5.10 Å². The van der Waals surface area contributed by atoms with Crippen LogP contribution in [0.1, 0.15) is 43.6 Å². The summed E-state index contributed by atoms with van der Waals surface area (Å²) in [6, 6.07) is 3.39. The predicted octanol–water partition coefficient (Wildman–Crippen LogP) is 1.46. The molecule has 0 N–H and O–H groups in total. The van der Waals surface area contributed by atoms with E-state index in [1.807, 2.05) is 4.90 Å². The fourth-order valence-corrected chi connectivity index (χ4v) is 3.20. The number of carbonyl (C=O) groups is 1. The molecule has 0 bridgehead atoms. The number of hydrogen-bond donors (Lipinski definition) is 0. The molecule has 128 valence electrons. The Balaban J connectivity index is 2.16. The van der Waals surface area contributed by atoms with Crippen molar-refractivity contribution in [3.05, 3.63) is 28.2 Å². The normalized spacial score (nSPS) is 21.2. The molecular weight excluding hydrogens is 292 g/mol. The summed E-state index contributed by atoms with van der Waals surface area (Å²) in [4.78, 5) is 28.6. The van der Waals surface area contributed by atoms with Crippen molar-refractivity contribution in [3.63, 3.8) is 0 Å². The van der Waals surface area contributed by atoms with Gasteiger partial charge in [-0.3, -0.25) is 9.59 Å². The van der Waals surface area contributed by atoms with Gasteiger partial charge in [0.25, 0.3) is 11.5 Å². The first-order valence-corrected chi connectivity index (χ1v) is 8.51. The largest absolute Gasteiger partial charge is 0.335 e. The summed E-state index contributed by atoms with van der Waals surface area (Å²) < 4.78 is 1.41. The average Bonchev–Trinajstić information content (AvgIpc) is 2.98. The standard InChI is InChI=1S/C17H28N4O2/c1-5-7-10-21-16(22)9-8-14(18-21)17(23)20-11-13(6-2)15(12-20)19(3)4/h8-9,13,15H,5-7,10-12H2,1-4H3/t13-,15-/m0/s1. The van der Waals surface area contributed by atoms with Gasteiger partial charge >= 0.3 is 0 Å². The van der Waals surface area contributed by atoms with Crippen LogP contribution in [0, 0.1) is 5.92 Å². The van der Waals surface area contributed by atoms with E-state index in [0.29, 0.717) is 24.2 Å². The molecule has 1 amide bonds. The van der Waals surface area contributed by atoms with Gasteiger partial charge in [-0.1, -0.05) is 26.7 Å². The fraction of sp³-hybridized carbons (Fsp3) is 0.706. The molecule has 6 nitrogen and oxygen atoms in total. The number of nitrogens with zero attached hydrogens (tertiary/aromatic N) is 4. The number of hydrogen-bond acceptors (Lipinski definition) is 4. The Labute approximate surface area is 138 Å². The lowest BCUT2D eigenvalue weighted by molar-refractivity contribution is 0.0772. The van der Waals surface area contributed by atoms with Crippen molar-refractivity contribution in [2.75, 3.05) is 27.2 Å². The van der Waals surface area contributed by atoms with Crippen molar-refractivity contribution in [2.24, 2.45) is 5.92 Å². The van der Waals surface area contributed by atoms with E-state index in [1.165, 1.54) is 10.7 Å². The molecule has 0 spiro atoms. The molecule has 1 saturated heterocycles. The van der Waals surface area contributed by atoms with Crippen molar-refractivity contribution in [3.8, 4) is 0 Å². The Kier molecular flexibility index (Phi) is 5.93. The zero-order valence-electron chi connectivity index (χ0n) is 14.7. The lowest BCUT2D eigenvalue weighted by Gasteiger charge is -2.23. The molecule has 2 rings (SSSR count). The molecule has 1 aromatic heterocycles. The number of carbonyl (C=O) groups excluding carboxylic acids is 1. The molecule has 0 radical (unpaired) electrons. The maximum absolute atomic E-state index is 12.7. The molecule has 2 heterocycles. The van der Waals surface area contributed by atoms with Gasteiger partial charge < -0.3 is 9.80 Å². The number of unbranched alkanes of at least 4 members (excludes halogenated alkanes) is 1. The summed E-state index contributed by atoms with van der Waals surface area (Å²) >= 11 is 0. The molecule has 6 heteroatoms. The van der Waals surface area contributed by atoms with E-state index in [9.17, 15) is 9.59 Å². The Morgan fingerprint density at radius 2 is 2.04 bits per heavy atom. The highest BCUT2D eigenvalue weighted by molar-refractivity contribution is 5.92. The highest BCUT2D eigenvalue weighted by Crippen LogP contribution is 2.24. The molecule has 0 unspecified atom stereocenters. The molecule has 23 heavy (non-hydrogen) atoms. The first-order chi connectivity index (χ1) is 11.0. The van der Waals surface area contributed by atoms with Crippen LogP contribution in [-0.2, 0) is 6.54 Å². The first-order valence-electron chi connectivity index (χ1n) is 8.51. The Morgan fingerprint density at radius 1 is 1.30 bits per heavy atom. The molecule has 1 aliphatic rings. The van der Waals surface area contributed by atoms with E-state index in [-0.39, 0.29) is 11.5 Å². The van der Waals surface area contributed by atoms with Crippen molar-refractivity contribution in [2.45, 2.75) is 45.7 Å². The van der Waals surface area contributed by atoms with Gasteiger partial charge in [-0.25, -0.2) is 4.68 Å². The minimum atomic E-state index is -0.144. The predicted molar refractivity (Wildman–Crippen MR) is 90.6 cm³/mol. The minimum absolute atomic E-state index is 0.0713. The third-order valence-electron chi connectivity index (χ3n) is 4.69.